The number of piperidine rings is 1. The highest BCUT2D eigenvalue weighted by Crippen LogP contribution is 2.30. The van der Waals surface area contributed by atoms with Crippen LogP contribution in [0, 0.1) is 0 Å². The standard InChI is InChI=1S/C20H25NO2/c22-12-13-23-20-10-2-1-9-19(20)17-7-5-6-16(14-17)15-18-8-3-4-11-21-18/h1-2,5-7,9-10,14,18,21-22H,3-4,8,11-13,15H2. The van der Waals surface area contributed by atoms with E-state index in [9.17, 15) is 0 Å². The molecule has 1 saturated heterocycles. The van der Waals surface area contributed by atoms with Crippen LogP contribution < -0.4 is 10.1 Å². The van der Waals surface area contributed by atoms with Gasteiger partial charge >= 0.3 is 0 Å². The molecule has 0 bridgehead atoms. The van der Waals surface area contributed by atoms with E-state index in [4.69, 9.17) is 9.84 Å². The second-order valence-corrected chi connectivity index (χ2v) is 6.12. The first-order chi connectivity index (χ1) is 11.4. The summed E-state index contributed by atoms with van der Waals surface area (Å²) in [4.78, 5) is 0. The van der Waals surface area contributed by atoms with Gasteiger partial charge in [0.05, 0.1) is 6.61 Å². The van der Waals surface area contributed by atoms with Crippen molar-refractivity contribution >= 4 is 0 Å². The van der Waals surface area contributed by atoms with E-state index in [1.807, 2.05) is 18.2 Å². The molecule has 1 unspecified atom stereocenters. The fourth-order valence-corrected chi connectivity index (χ4v) is 3.24. The molecule has 2 aromatic carbocycles. The van der Waals surface area contributed by atoms with E-state index in [-0.39, 0.29) is 6.61 Å². The zero-order valence-corrected chi connectivity index (χ0v) is 13.5. The van der Waals surface area contributed by atoms with Crippen molar-refractivity contribution in [1.29, 1.82) is 0 Å². The molecule has 0 amide bonds. The van der Waals surface area contributed by atoms with Crippen molar-refractivity contribution in [2.75, 3.05) is 19.8 Å². The molecule has 2 aromatic rings. The van der Waals surface area contributed by atoms with Gasteiger partial charge in [0.25, 0.3) is 0 Å². The molecule has 0 aliphatic carbocycles. The van der Waals surface area contributed by atoms with E-state index >= 15 is 0 Å². The summed E-state index contributed by atoms with van der Waals surface area (Å²) in [5.41, 5.74) is 3.62. The number of para-hydroxylation sites is 1. The third kappa shape index (κ3) is 4.34. The Morgan fingerprint density at radius 3 is 2.83 bits per heavy atom. The lowest BCUT2D eigenvalue weighted by Crippen LogP contribution is -2.35. The first kappa shape index (κ1) is 16.0. The molecule has 0 radical (unpaired) electrons. The number of hydrogen-bond donors (Lipinski definition) is 2. The zero-order valence-electron chi connectivity index (χ0n) is 13.5. The van der Waals surface area contributed by atoms with Crippen molar-refractivity contribution in [3.8, 4) is 16.9 Å². The van der Waals surface area contributed by atoms with E-state index in [0.717, 1.165) is 24.3 Å². The second-order valence-electron chi connectivity index (χ2n) is 6.12. The average Bonchev–Trinajstić information content (AvgIpc) is 2.61. The molecule has 0 aromatic heterocycles. The molecule has 23 heavy (non-hydrogen) atoms. The minimum absolute atomic E-state index is 0.0295. The van der Waals surface area contributed by atoms with Gasteiger partial charge in [0.2, 0.25) is 0 Å². The van der Waals surface area contributed by atoms with Crippen molar-refractivity contribution in [2.45, 2.75) is 31.7 Å². The molecule has 3 heteroatoms. The van der Waals surface area contributed by atoms with Gasteiger partial charge in [-0.05, 0) is 43.0 Å². The van der Waals surface area contributed by atoms with E-state index in [1.165, 1.54) is 30.4 Å². The fourth-order valence-electron chi connectivity index (χ4n) is 3.24. The van der Waals surface area contributed by atoms with E-state index in [1.54, 1.807) is 0 Å². The maximum atomic E-state index is 8.98. The summed E-state index contributed by atoms with van der Waals surface area (Å²) in [7, 11) is 0. The van der Waals surface area contributed by atoms with Crippen molar-refractivity contribution in [3.05, 3.63) is 54.1 Å². The molecule has 1 atom stereocenters. The summed E-state index contributed by atoms with van der Waals surface area (Å²) in [6.07, 6.45) is 4.97. The van der Waals surface area contributed by atoms with Crippen molar-refractivity contribution in [3.63, 3.8) is 0 Å². The van der Waals surface area contributed by atoms with Gasteiger partial charge in [-0.15, -0.1) is 0 Å². The van der Waals surface area contributed by atoms with Gasteiger partial charge < -0.3 is 15.2 Å². The minimum Gasteiger partial charge on any atom is -0.491 e. The van der Waals surface area contributed by atoms with Gasteiger partial charge in [0, 0.05) is 11.6 Å². The Bertz CT molecular complexity index is 621. The largest absolute Gasteiger partial charge is 0.491 e. The first-order valence-electron chi connectivity index (χ1n) is 8.52. The zero-order chi connectivity index (χ0) is 15.9. The van der Waals surface area contributed by atoms with E-state index in [2.05, 4.69) is 35.6 Å². The summed E-state index contributed by atoms with van der Waals surface area (Å²) < 4.78 is 5.67. The molecule has 1 fully saturated rings. The second kappa shape index (κ2) is 8.14. The first-order valence-corrected chi connectivity index (χ1v) is 8.52. The normalized spacial score (nSPS) is 17.9. The molecule has 122 valence electrons. The summed E-state index contributed by atoms with van der Waals surface area (Å²) in [5, 5.41) is 12.6. The van der Waals surface area contributed by atoms with Crippen LogP contribution in [0.1, 0.15) is 24.8 Å². The van der Waals surface area contributed by atoms with Crippen LogP contribution in [0.5, 0.6) is 5.75 Å². The van der Waals surface area contributed by atoms with E-state index in [0.29, 0.717) is 12.6 Å². The molecule has 0 saturated carbocycles. The van der Waals surface area contributed by atoms with Gasteiger partial charge in [-0.1, -0.05) is 48.9 Å². The summed E-state index contributed by atoms with van der Waals surface area (Å²) >= 11 is 0. The van der Waals surface area contributed by atoms with Crippen molar-refractivity contribution in [2.24, 2.45) is 0 Å². The highest BCUT2D eigenvalue weighted by atomic mass is 16.5. The Morgan fingerprint density at radius 1 is 1.09 bits per heavy atom. The van der Waals surface area contributed by atoms with Gasteiger partial charge in [-0.3, -0.25) is 0 Å². The summed E-state index contributed by atoms with van der Waals surface area (Å²) in [6.45, 7) is 1.49. The summed E-state index contributed by atoms with van der Waals surface area (Å²) in [6, 6.07) is 17.3. The SMILES string of the molecule is OCCOc1ccccc1-c1cccc(CC2CCCCN2)c1. The Morgan fingerprint density at radius 2 is 2.00 bits per heavy atom. The number of benzene rings is 2. The van der Waals surface area contributed by atoms with Crippen LogP contribution >= 0.6 is 0 Å². The lowest BCUT2D eigenvalue weighted by Gasteiger charge is -2.23. The number of rotatable bonds is 6. The predicted molar refractivity (Wildman–Crippen MR) is 93.8 cm³/mol. The molecule has 1 heterocycles. The Hall–Kier alpha value is -1.84. The third-order valence-electron chi connectivity index (χ3n) is 4.37. The molecular weight excluding hydrogens is 286 g/mol. The van der Waals surface area contributed by atoms with Crippen LogP contribution in [0.2, 0.25) is 0 Å². The van der Waals surface area contributed by atoms with Crippen LogP contribution in [0.3, 0.4) is 0 Å². The van der Waals surface area contributed by atoms with Gasteiger partial charge in [0.15, 0.2) is 0 Å². The predicted octanol–water partition coefficient (Wildman–Crippen LogP) is 3.41. The smallest absolute Gasteiger partial charge is 0.127 e. The Labute approximate surface area is 138 Å². The van der Waals surface area contributed by atoms with Crippen LogP contribution in [0.15, 0.2) is 48.5 Å². The Balaban J connectivity index is 1.79. The molecular formula is C20H25NO2. The minimum atomic E-state index is 0.0295. The van der Waals surface area contributed by atoms with Crippen LogP contribution in [-0.4, -0.2) is 30.9 Å². The van der Waals surface area contributed by atoms with Crippen LogP contribution in [0.25, 0.3) is 11.1 Å². The fraction of sp³-hybridized carbons (Fsp3) is 0.400. The number of ether oxygens (including phenoxy) is 1. The topological polar surface area (TPSA) is 41.5 Å². The van der Waals surface area contributed by atoms with Gasteiger partial charge in [-0.2, -0.15) is 0 Å². The van der Waals surface area contributed by atoms with Gasteiger partial charge in [0.1, 0.15) is 12.4 Å². The number of aliphatic hydroxyl groups is 1. The number of hydrogen-bond acceptors (Lipinski definition) is 3. The number of aliphatic hydroxyl groups excluding tert-OH is 1. The molecule has 0 spiro atoms. The lowest BCUT2D eigenvalue weighted by atomic mass is 9.95. The number of nitrogens with one attached hydrogen (secondary N) is 1. The lowest BCUT2D eigenvalue weighted by molar-refractivity contribution is 0.202. The van der Waals surface area contributed by atoms with Crippen LogP contribution in [0.4, 0.5) is 0 Å². The highest BCUT2D eigenvalue weighted by Gasteiger charge is 2.13. The van der Waals surface area contributed by atoms with Crippen molar-refractivity contribution in [1.82, 2.24) is 5.32 Å². The van der Waals surface area contributed by atoms with Gasteiger partial charge in [-0.25, -0.2) is 0 Å². The third-order valence-corrected chi connectivity index (χ3v) is 4.37. The molecule has 1 aliphatic rings. The monoisotopic (exact) mass is 311 g/mol. The molecule has 3 nitrogen and oxygen atoms in total. The maximum Gasteiger partial charge on any atom is 0.127 e. The van der Waals surface area contributed by atoms with Crippen LogP contribution in [-0.2, 0) is 6.42 Å². The highest BCUT2D eigenvalue weighted by molar-refractivity contribution is 5.70. The van der Waals surface area contributed by atoms with E-state index < -0.39 is 0 Å². The quantitative estimate of drug-likeness (QED) is 0.859. The molecule has 3 rings (SSSR count). The van der Waals surface area contributed by atoms with Crippen molar-refractivity contribution < 1.29 is 9.84 Å². The average molecular weight is 311 g/mol. The Kier molecular flexibility index (Phi) is 5.67. The molecule has 2 N–H and O–H groups in total. The summed E-state index contributed by atoms with van der Waals surface area (Å²) in [5.74, 6) is 0.828. The molecule has 1 aliphatic heterocycles. The maximum absolute atomic E-state index is 8.98.